The number of aliphatic hydroxyl groups is 1. The molecule has 2 fully saturated rings. The zero-order chi connectivity index (χ0) is 17.9. The van der Waals surface area contributed by atoms with Gasteiger partial charge in [0.05, 0.1) is 18.5 Å². The molecule has 1 N–H and O–H groups in total. The van der Waals surface area contributed by atoms with E-state index in [-0.39, 0.29) is 5.41 Å². The van der Waals surface area contributed by atoms with Gasteiger partial charge in [-0.05, 0) is 85.2 Å². The quantitative estimate of drug-likeness (QED) is 0.696. The molecule has 0 heterocycles. The van der Waals surface area contributed by atoms with Crippen LogP contribution in [-0.4, -0.2) is 17.8 Å². The number of rotatable bonds is 3. The van der Waals surface area contributed by atoms with Crippen molar-refractivity contribution in [3.05, 3.63) is 36.1 Å². The molecule has 4 aliphatic carbocycles. The van der Waals surface area contributed by atoms with E-state index in [2.05, 4.69) is 32.6 Å². The van der Waals surface area contributed by atoms with Gasteiger partial charge < -0.3 is 9.84 Å². The van der Waals surface area contributed by atoms with Crippen LogP contribution >= 0.6 is 0 Å². The first-order chi connectivity index (χ1) is 11.9. The van der Waals surface area contributed by atoms with Gasteiger partial charge in [-0.1, -0.05) is 26.0 Å². The Morgan fingerprint density at radius 3 is 2.72 bits per heavy atom. The minimum Gasteiger partial charge on any atom is -0.501 e. The monoisotopic (exact) mass is 342 g/mol. The van der Waals surface area contributed by atoms with Gasteiger partial charge in [0.2, 0.25) is 0 Å². The lowest BCUT2D eigenvalue weighted by atomic mass is 9.47. The van der Waals surface area contributed by atoms with Crippen molar-refractivity contribution in [2.45, 2.75) is 70.8 Å². The van der Waals surface area contributed by atoms with Crippen LogP contribution in [0.3, 0.4) is 0 Å². The van der Waals surface area contributed by atoms with Crippen molar-refractivity contribution in [2.24, 2.45) is 28.6 Å². The smallest absolute Gasteiger partial charge is 0.0958 e. The fraction of sp³-hybridized carbons (Fsp3) is 0.739. The summed E-state index contributed by atoms with van der Waals surface area (Å²) in [6.07, 6.45) is 15.5. The Kier molecular flexibility index (Phi) is 3.99. The molecule has 0 aromatic rings. The van der Waals surface area contributed by atoms with Crippen LogP contribution in [0.1, 0.15) is 65.2 Å². The molecule has 0 aliphatic heterocycles. The summed E-state index contributed by atoms with van der Waals surface area (Å²) in [6, 6.07) is 0. The minimum atomic E-state index is -0.537. The molecule has 0 aromatic heterocycles. The van der Waals surface area contributed by atoms with Crippen molar-refractivity contribution in [1.29, 1.82) is 0 Å². The predicted molar refractivity (Wildman–Crippen MR) is 102 cm³/mol. The average molecular weight is 343 g/mol. The van der Waals surface area contributed by atoms with E-state index in [1.807, 2.05) is 6.08 Å². The first-order valence-electron chi connectivity index (χ1n) is 10.2. The third-order valence-corrected chi connectivity index (χ3v) is 8.80. The number of ether oxygens (including phenoxy) is 1. The second-order valence-electron chi connectivity index (χ2n) is 9.52. The van der Waals surface area contributed by atoms with Crippen molar-refractivity contribution in [1.82, 2.24) is 0 Å². The van der Waals surface area contributed by atoms with Crippen molar-refractivity contribution >= 4 is 0 Å². The summed E-state index contributed by atoms with van der Waals surface area (Å²) in [4.78, 5) is 0. The van der Waals surface area contributed by atoms with Crippen LogP contribution in [-0.2, 0) is 4.74 Å². The van der Waals surface area contributed by atoms with Crippen molar-refractivity contribution in [2.75, 3.05) is 7.11 Å². The van der Waals surface area contributed by atoms with Gasteiger partial charge in [0.15, 0.2) is 0 Å². The van der Waals surface area contributed by atoms with Crippen LogP contribution in [0.15, 0.2) is 36.1 Å². The number of fused-ring (bicyclic) bond motifs is 5. The molecule has 138 valence electrons. The van der Waals surface area contributed by atoms with E-state index in [9.17, 15) is 5.11 Å². The maximum Gasteiger partial charge on any atom is 0.0958 e. The normalized spacial score (nSPS) is 48.6. The van der Waals surface area contributed by atoms with Crippen LogP contribution in [0, 0.1) is 28.6 Å². The third-order valence-electron chi connectivity index (χ3n) is 8.80. The molecule has 0 unspecified atom stereocenters. The highest BCUT2D eigenvalue weighted by Gasteiger charge is 2.62. The Balaban J connectivity index is 1.68. The molecule has 0 amide bonds. The SMILES string of the molecule is C=CC[C@@]1(O)CC[C@H]2[C@@H]3CC=C4C=C(OC)CC[C@]4(C)[C@H]3CC[C@@]21C. The molecule has 25 heavy (non-hydrogen) atoms. The van der Waals surface area contributed by atoms with E-state index in [0.29, 0.717) is 11.3 Å². The summed E-state index contributed by atoms with van der Waals surface area (Å²) in [5, 5.41) is 11.4. The standard InChI is InChI=1S/C23H34O2/c1-5-11-23(24)14-10-20-18-7-6-16-15-17(25-4)8-12-21(16,2)19(18)9-13-22(20,23)3/h5-6,15,18-20,24H,1,7-14H2,2-4H3/t18-,19+,20+,21+,22+,23-/m1/s1. The van der Waals surface area contributed by atoms with E-state index >= 15 is 0 Å². The third kappa shape index (κ3) is 2.25. The van der Waals surface area contributed by atoms with Crippen molar-refractivity contribution in [3.8, 4) is 0 Å². The number of hydrogen-bond acceptors (Lipinski definition) is 2. The zero-order valence-corrected chi connectivity index (χ0v) is 16.2. The molecule has 0 radical (unpaired) electrons. The lowest BCUT2D eigenvalue weighted by Gasteiger charge is -2.58. The van der Waals surface area contributed by atoms with Gasteiger partial charge in [-0.15, -0.1) is 6.58 Å². The average Bonchev–Trinajstić information content (AvgIpc) is 2.86. The molecule has 0 saturated heterocycles. The summed E-state index contributed by atoms with van der Waals surface area (Å²) in [6.45, 7) is 8.77. The molecule has 0 bridgehead atoms. The van der Waals surface area contributed by atoms with E-state index in [0.717, 1.165) is 43.3 Å². The number of allylic oxidation sites excluding steroid dienone is 4. The van der Waals surface area contributed by atoms with Crippen LogP contribution in [0.5, 0.6) is 0 Å². The zero-order valence-electron chi connectivity index (χ0n) is 16.2. The highest BCUT2D eigenvalue weighted by molar-refractivity contribution is 5.36. The Morgan fingerprint density at radius 2 is 2.00 bits per heavy atom. The van der Waals surface area contributed by atoms with Gasteiger partial charge >= 0.3 is 0 Å². The van der Waals surface area contributed by atoms with Crippen molar-refractivity contribution < 1.29 is 9.84 Å². The summed E-state index contributed by atoms with van der Waals surface area (Å²) in [5.74, 6) is 3.28. The maximum absolute atomic E-state index is 11.4. The molecule has 2 nitrogen and oxygen atoms in total. The first-order valence-corrected chi connectivity index (χ1v) is 10.2. The van der Waals surface area contributed by atoms with Gasteiger partial charge in [0.25, 0.3) is 0 Å². The fourth-order valence-electron chi connectivity index (χ4n) is 7.14. The summed E-state index contributed by atoms with van der Waals surface area (Å²) >= 11 is 0. The lowest BCUT2D eigenvalue weighted by molar-refractivity contribution is -0.120. The Labute approximate surface area is 153 Å². The largest absolute Gasteiger partial charge is 0.501 e. The van der Waals surface area contributed by atoms with Gasteiger partial charge in [0, 0.05) is 6.42 Å². The molecule has 4 rings (SSSR count). The maximum atomic E-state index is 11.4. The van der Waals surface area contributed by atoms with Gasteiger partial charge in [-0.25, -0.2) is 0 Å². The topological polar surface area (TPSA) is 29.5 Å². The molecule has 2 saturated carbocycles. The summed E-state index contributed by atoms with van der Waals surface area (Å²) in [7, 11) is 1.80. The molecule has 0 aromatic carbocycles. The lowest BCUT2D eigenvalue weighted by Crippen LogP contribution is -2.54. The van der Waals surface area contributed by atoms with E-state index < -0.39 is 5.60 Å². The molecule has 4 aliphatic rings. The van der Waals surface area contributed by atoms with Gasteiger partial charge in [-0.2, -0.15) is 0 Å². The van der Waals surface area contributed by atoms with Crippen LogP contribution in [0.25, 0.3) is 0 Å². The van der Waals surface area contributed by atoms with Gasteiger partial charge in [-0.3, -0.25) is 0 Å². The number of hydrogen-bond donors (Lipinski definition) is 1. The minimum absolute atomic E-state index is 0.0618. The second kappa shape index (κ2) is 5.74. The van der Waals surface area contributed by atoms with Crippen LogP contribution in [0.2, 0.25) is 0 Å². The highest BCUT2D eigenvalue weighted by Crippen LogP contribution is 2.67. The molecule has 0 spiro atoms. The summed E-state index contributed by atoms with van der Waals surface area (Å²) in [5.41, 5.74) is 1.34. The summed E-state index contributed by atoms with van der Waals surface area (Å²) < 4.78 is 5.54. The second-order valence-corrected chi connectivity index (χ2v) is 9.52. The Hall–Kier alpha value is -1.02. The van der Waals surface area contributed by atoms with Crippen LogP contribution < -0.4 is 0 Å². The molecule has 2 heteroatoms. The van der Waals surface area contributed by atoms with Crippen LogP contribution in [0.4, 0.5) is 0 Å². The molecule has 6 atom stereocenters. The van der Waals surface area contributed by atoms with Crippen molar-refractivity contribution in [3.63, 3.8) is 0 Å². The van der Waals surface area contributed by atoms with Gasteiger partial charge in [0.1, 0.15) is 0 Å². The first kappa shape index (κ1) is 17.4. The Morgan fingerprint density at radius 1 is 1.24 bits per heavy atom. The molecular formula is C23H34O2. The van der Waals surface area contributed by atoms with E-state index in [4.69, 9.17) is 4.74 Å². The predicted octanol–water partition coefficient (Wildman–Crippen LogP) is 5.40. The Bertz CT molecular complexity index is 632. The van der Waals surface area contributed by atoms with E-state index in [1.165, 1.54) is 31.3 Å². The molecular weight excluding hydrogens is 308 g/mol. The van der Waals surface area contributed by atoms with E-state index in [1.54, 1.807) is 7.11 Å². The number of methoxy groups -OCH3 is 1. The fourth-order valence-corrected chi connectivity index (χ4v) is 7.14. The highest BCUT2D eigenvalue weighted by atomic mass is 16.5.